The van der Waals surface area contributed by atoms with Gasteiger partial charge < -0.3 is 10.0 Å². The molecule has 0 spiro atoms. The first kappa shape index (κ1) is 14.4. The molecule has 96 valence electrons. The van der Waals surface area contributed by atoms with Crippen LogP contribution >= 0.6 is 11.6 Å². The highest BCUT2D eigenvalue weighted by molar-refractivity contribution is 6.31. The fourth-order valence-corrected chi connectivity index (χ4v) is 2.04. The molecule has 3 nitrogen and oxygen atoms in total. The molecule has 0 saturated heterocycles. The maximum absolute atomic E-state index is 10.4. The lowest BCUT2D eigenvalue weighted by Crippen LogP contribution is -2.51. The molecular weight excluding hydrogens is 236 g/mol. The molecule has 0 aliphatic heterocycles. The van der Waals surface area contributed by atoms with Crippen molar-refractivity contribution in [3.63, 3.8) is 0 Å². The number of aliphatic hydroxyl groups is 1. The van der Waals surface area contributed by atoms with Crippen LogP contribution in [0, 0.1) is 0 Å². The van der Waals surface area contributed by atoms with E-state index >= 15 is 0 Å². The fourth-order valence-electron chi connectivity index (χ4n) is 1.85. The van der Waals surface area contributed by atoms with Crippen molar-refractivity contribution in [3.8, 4) is 0 Å². The van der Waals surface area contributed by atoms with Crippen LogP contribution in [-0.4, -0.2) is 40.7 Å². The lowest BCUT2D eigenvalue weighted by Gasteiger charge is -2.40. The predicted molar refractivity (Wildman–Crippen MR) is 71.3 cm³/mol. The summed E-state index contributed by atoms with van der Waals surface area (Å²) in [5, 5.41) is 11.0. The van der Waals surface area contributed by atoms with E-state index in [9.17, 15) is 5.11 Å². The minimum Gasteiger partial charge on any atom is -0.391 e. The summed E-state index contributed by atoms with van der Waals surface area (Å²) >= 11 is 6.05. The number of halogens is 1. The van der Waals surface area contributed by atoms with Gasteiger partial charge in [-0.3, -0.25) is 4.98 Å². The Labute approximate surface area is 108 Å². The average molecular weight is 257 g/mol. The Morgan fingerprint density at radius 1 is 1.53 bits per heavy atom. The van der Waals surface area contributed by atoms with Gasteiger partial charge in [0.1, 0.15) is 0 Å². The van der Waals surface area contributed by atoms with Crippen LogP contribution in [0.3, 0.4) is 0 Å². The van der Waals surface area contributed by atoms with E-state index in [-0.39, 0.29) is 5.54 Å². The standard InChI is InChI=1S/C13H21ClN2O/c1-5-13(2,16(3)4)12(17)8-10-6-7-15-9-11(10)14/h6-7,9,12,17H,5,8H2,1-4H3. The van der Waals surface area contributed by atoms with Gasteiger partial charge in [0, 0.05) is 24.4 Å². The second-order valence-electron chi connectivity index (χ2n) is 4.79. The normalized spacial score (nSPS) is 16.9. The van der Waals surface area contributed by atoms with Crippen molar-refractivity contribution in [2.24, 2.45) is 0 Å². The highest BCUT2D eigenvalue weighted by Crippen LogP contribution is 2.25. The van der Waals surface area contributed by atoms with Gasteiger partial charge in [-0.1, -0.05) is 18.5 Å². The molecule has 0 aliphatic rings. The summed E-state index contributed by atoms with van der Waals surface area (Å²) in [6.45, 7) is 4.14. The summed E-state index contributed by atoms with van der Waals surface area (Å²) in [5.41, 5.74) is 0.697. The van der Waals surface area contributed by atoms with Gasteiger partial charge in [0.15, 0.2) is 0 Å². The molecule has 2 atom stereocenters. The van der Waals surface area contributed by atoms with Crippen molar-refractivity contribution in [2.45, 2.75) is 38.3 Å². The summed E-state index contributed by atoms with van der Waals surface area (Å²) in [6.07, 6.45) is 4.28. The van der Waals surface area contributed by atoms with E-state index in [2.05, 4.69) is 23.7 Å². The third kappa shape index (κ3) is 3.18. The van der Waals surface area contributed by atoms with E-state index in [0.717, 1.165) is 12.0 Å². The summed E-state index contributed by atoms with van der Waals surface area (Å²) in [4.78, 5) is 6.01. The Morgan fingerprint density at radius 2 is 2.18 bits per heavy atom. The Morgan fingerprint density at radius 3 is 2.65 bits per heavy atom. The monoisotopic (exact) mass is 256 g/mol. The number of pyridine rings is 1. The number of aliphatic hydroxyl groups excluding tert-OH is 1. The van der Waals surface area contributed by atoms with Crippen molar-refractivity contribution in [2.75, 3.05) is 14.1 Å². The lowest BCUT2D eigenvalue weighted by molar-refractivity contribution is 0.00301. The number of rotatable bonds is 5. The minimum absolute atomic E-state index is 0.243. The third-order valence-corrected chi connectivity index (χ3v) is 4.07. The van der Waals surface area contributed by atoms with Gasteiger partial charge in [-0.05, 0) is 39.1 Å². The van der Waals surface area contributed by atoms with E-state index in [0.29, 0.717) is 11.4 Å². The van der Waals surface area contributed by atoms with Crippen LogP contribution in [0.1, 0.15) is 25.8 Å². The molecule has 1 aromatic heterocycles. The first-order valence-electron chi connectivity index (χ1n) is 5.85. The number of nitrogens with zero attached hydrogens (tertiary/aromatic N) is 2. The van der Waals surface area contributed by atoms with Crippen molar-refractivity contribution < 1.29 is 5.11 Å². The smallest absolute Gasteiger partial charge is 0.0761 e. The molecule has 1 rings (SSSR count). The number of hydrogen-bond donors (Lipinski definition) is 1. The number of aromatic nitrogens is 1. The summed E-state index contributed by atoms with van der Waals surface area (Å²) < 4.78 is 0. The highest BCUT2D eigenvalue weighted by atomic mass is 35.5. The second kappa shape index (κ2) is 5.80. The molecule has 0 aromatic carbocycles. The zero-order chi connectivity index (χ0) is 13.1. The van der Waals surface area contributed by atoms with E-state index in [4.69, 9.17) is 11.6 Å². The molecule has 0 fully saturated rings. The molecule has 4 heteroatoms. The van der Waals surface area contributed by atoms with E-state index < -0.39 is 6.10 Å². The van der Waals surface area contributed by atoms with Gasteiger partial charge in [-0.25, -0.2) is 0 Å². The summed E-state index contributed by atoms with van der Waals surface area (Å²) in [5.74, 6) is 0. The van der Waals surface area contributed by atoms with Crippen LogP contribution in [0.15, 0.2) is 18.5 Å². The van der Waals surface area contributed by atoms with Crippen LogP contribution < -0.4 is 0 Å². The molecule has 17 heavy (non-hydrogen) atoms. The Kier molecular flexibility index (Phi) is 4.92. The fraction of sp³-hybridized carbons (Fsp3) is 0.615. The van der Waals surface area contributed by atoms with Gasteiger partial charge in [0.25, 0.3) is 0 Å². The number of likely N-dealkylation sites (N-methyl/N-ethyl adjacent to an activating group) is 1. The molecule has 0 bridgehead atoms. The Balaban J connectivity index is 2.85. The average Bonchev–Trinajstić information content (AvgIpc) is 2.30. The molecule has 0 amide bonds. The maximum Gasteiger partial charge on any atom is 0.0761 e. The Bertz CT molecular complexity index is 370. The largest absolute Gasteiger partial charge is 0.391 e. The van der Waals surface area contributed by atoms with Gasteiger partial charge in [-0.15, -0.1) is 0 Å². The zero-order valence-electron chi connectivity index (χ0n) is 10.9. The van der Waals surface area contributed by atoms with Gasteiger partial charge in [-0.2, -0.15) is 0 Å². The van der Waals surface area contributed by atoms with Crippen LogP contribution in [-0.2, 0) is 6.42 Å². The molecule has 0 saturated carbocycles. The molecule has 0 aliphatic carbocycles. The van der Waals surface area contributed by atoms with E-state index in [1.165, 1.54) is 0 Å². The van der Waals surface area contributed by atoms with Crippen LogP contribution in [0.5, 0.6) is 0 Å². The lowest BCUT2D eigenvalue weighted by atomic mass is 9.86. The zero-order valence-corrected chi connectivity index (χ0v) is 11.7. The first-order chi connectivity index (χ1) is 7.91. The van der Waals surface area contributed by atoms with Crippen molar-refractivity contribution in [1.29, 1.82) is 0 Å². The molecule has 0 radical (unpaired) electrons. The molecule has 1 aromatic rings. The van der Waals surface area contributed by atoms with Crippen LogP contribution in [0.25, 0.3) is 0 Å². The van der Waals surface area contributed by atoms with Gasteiger partial charge >= 0.3 is 0 Å². The van der Waals surface area contributed by atoms with Crippen molar-refractivity contribution >= 4 is 11.6 Å². The quantitative estimate of drug-likeness (QED) is 0.879. The van der Waals surface area contributed by atoms with Crippen molar-refractivity contribution in [3.05, 3.63) is 29.0 Å². The third-order valence-electron chi connectivity index (χ3n) is 3.72. The van der Waals surface area contributed by atoms with Crippen molar-refractivity contribution in [1.82, 2.24) is 9.88 Å². The minimum atomic E-state index is -0.456. The first-order valence-corrected chi connectivity index (χ1v) is 6.23. The van der Waals surface area contributed by atoms with Crippen LogP contribution in [0.2, 0.25) is 5.02 Å². The molecular formula is C13H21ClN2O. The van der Waals surface area contributed by atoms with Gasteiger partial charge in [0.05, 0.1) is 11.1 Å². The Hall–Kier alpha value is -0.640. The van der Waals surface area contributed by atoms with E-state index in [1.54, 1.807) is 12.4 Å². The summed E-state index contributed by atoms with van der Waals surface area (Å²) in [7, 11) is 3.97. The SMILES string of the molecule is CCC(C)(C(O)Cc1ccncc1Cl)N(C)C. The molecule has 1 heterocycles. The topological polar surface area (TPSA) is 36.4 Å². The maximum atomic E-state index is 10.4. The molecule has 1 N–H and O–H groups in total. The van der Waals surface area contributed by atoms with Gasteiger partial charge in [0.2, 0.25) is 0 Å². The van der Waals surface area contributed by atoms with E-state index in [1.807, 2.05) is 20.2 Å². The second-order valence-corrected chi connectivity index (χ2v) is 5.20. The highest BCUT2D eigenvalue weighted by Gasteiger charge is 2.33. The molecule has 2 unspecified atom stereocenters. The summed E-state index contributed by atoms with van der Waals surface area (Å²) in [6, 6.07) is 1.86. The predicted octanol–water partition coefficient (Wildman–Crippen LogP) is 2.37. The van der Waals surface area contributed by atoms with Crippen LogP contribution in [0.4, 0.5) is 0 Å². The number of hydrogen-bond acceptors (Lipinski definition) is 3.